The molecule has 1 aliphatic heterocycles. The van der Waals surface area contributed by atoms with Gasteiger partial charge < -0.3 is 14.8 Å². The highest BCUT2D eigenvalue weighted by Crippen LogP contribution is 2.26. The summed E-state index contributed by atoms with van der Waals surface area (Å²) in [4.78, 5) is 0. The Balaban J connectivity index is 1.91. The second-order valence-electron chi connectivity index (χ2n) is 4.86. The first-order valence-corrected chi connectivity index (χ1v) is 6.12. The highest BCUT2D eigenvalue weighted by Gasteiger charge is 2.32. The molecule has 0 spiro atoms. The Morgan fingerprint density at radius 1 is 1.47 bits per heavy atom. The third-order valence-electron chi connectivity index (χ3n) is 3.01. The SMILES string of the molecule is COc1ccc(Cl)cc1CNCC1(C)COC1. The van der Waals surface area contributed by atoms with E-state index < -0.39 is 0 Å². The number of hydrogen-bond donors (Lipinski definition) is 1. The summed E-state index contributed by atoms with van der Waals surface area (Å²) in [6.45, 7) is 5.61. The van der Waals surface area contributed by atoms with Gasteiger partial charge in [-0.3, -0.25) is 0 Å². The van der Waals surface area contributed by atoms with E-state index in [2.05, 4.69) is 12.2 Å². The minimum atomic E-state index is 0.284. The Morgan fingerprint density at radius 3 is 2.82 bits per heavy atom. The largest absolute Gasteiger partial charge is 0.496 e. The molecule has 2 rings (SSSR count). The van der Waals surface area contributed by atoms with Gasteiger partial charge in [0.2, 0.25) is 0 Å². The molecular weight excluding hydrogens is 238 g/mol. The lowest BCUT2D eigenvalue weighted by Crippen LogP contribution is -2.47. The van der Waals surface area contributed by atoms with E-state index in [4.69, 9.17) is 21.1 Å². The van der Waals surface area contributed by atoms with E-state index in [0.717, 1.165) is 42.6 Å². The van der Waals surface area contributed by atoms with Crippen molar-refractivity contribution in [3.05, 3.63) is 28.8 Å². The van der Waals surface area contributed by atoms with Gasteiger partial charge >= 0.3 is 0 Å². The maximum absolute atomic E-state index is 5.98. The molecule has 0 atom stereocenters. The summed E-state index contributed by atoms with van der Waals surface area (Å²) in [5.74, 6) is 0.872. The standard InChI is InChI=1S/C13H18ClNO2/c1-13(8-17-9-13)7-15-6-10-5-11(14)3-4-12(10)16-2/h3-5,15H,6-9H2,1-2H3. The van der Waals surface area contributed by atoms with Gasteiger partial charge in [0.15, 0.2) is 0 Å². The quantitative estimate of drug-likeness (QED) is 0.877. The molecule has 0 aliphatic carbocycles. The number of hydrogen-bond acceptors (Lipinski definition) is 3. The average molecular weight is 256 g/mol. The first-order chi connectivity index (χ1) is 8.13. The Morgan fingerprint density at radius 2 is 2.24 bits per heavy atom. The third kappa shape index (κ3) is 3.12. The summed E-state index contributed by atoms with van der Waals surface area (Å²) >= 11 is 5.98. The molecule has 0 saturated carbocycles. The van der Waals surface area contributed by atoms with Crippen LogP contribution in [0.2, 0.25) is 5.02 Å². The van der Waals surface area contributed by atoms with Crippen LogP contribution in [0, 0.1) is 5.41 Å². The van der Waals surface area contributed by atoms with E-state index in [9.17, 15) is 0 Å². The van der Waals surface area contributed by atoms with Gasteiger partial charge in [0, 0.05) is 29.1 Å². The van der Waals surface area contributed by atoms with Gasteiger partial charge in [-0.25, -0.2) is 0 Å². The molecule has 4 heteroatoms. The maximum Gasteiger partial charge on any atom is 0.123 e. The molecule has 1 fully saturated rings. The molecule has 1 aliphatic rings. The molecule has 0 unspecified atom stereocenters. The van der Waals surface area contributed by atoms with Crippen molar-refractivity contribution in [2.45, 2.75) is 13.5 Å². The number of rotatable bonds is 5. The van der Waals surface area contributed by atoms with E-state index in [1.807, 2.05) is 18.2 Å². The number of halogens is 1. The number of nitrogens with one attached hydrogen (secondary N) is 1. The smallest absolute Gasteiger partial charge is 0.123 e. The lowest BCUT2D eigenvalue weighted by Gasteiger charge is -2.38. The molecule has 0 amide bonds. The molecule has 17 heavy (non-hydrogen) atoms. The fourth-order valence-corrected chi connectivity index (χ4v) is 2.13. The number of methoxy groups -OCH3 is 1. The van der Waals surface area contributed by atoms with Crippen LogP contribution < -0.4 is 10.1 Å². The number of ether oxygens (including phenoxy) is 2. The van der Waals surface area contributed by atoms with Crippen molar-refractivity contribution < 1.29 is 9.47 Å². The molecule has 0 aromatic heterocycles. The van der Waals surface area contributed by atoms with Crippen molar-refractivity contribution in [3.63, 3.8) is 0 Å². The van der Waals surface area contributed by atoms with Gasteiger partial charge in [-0.1, -0.05) is 18.5 Å². The van der Waals surface area contributed by atoms with Crippen molar-refractivity contribution in [1.82, 2.24) is 5.32 Å². The first-order valence-electron chi connectivity index (χ1n) is 5.74. The summed E-state index contributed by atoms with van der Waals surface area (Å²) in [5.41, 5.74) is 1.37. The van der Waals surface area contributed by atoms with Crippen LogP contribution in [-0.2, 0) is 11.3 Å². The van der Waals surface area contributed by atoms with Crippen LogP contribution in [0.4, 0.5) is 0 Å². The molecule has 1 heterocycles. The third-order valence-corrected chi connectivity index (χ3v) is 3.25. The van der Waals surface area contributed by atoms with E-state index in [0.29, 0.717) is 0 Å². The van der Waals surface area contributed by atoms with Crippen molar-refractivity contribution in [1.29, 1.82) is 0 Å². The Labute approximate surface area is 107 Å². The first kappa shape index (κ1) is 12.7. The van der Waals surface area contributed by atoms with Crippen molar-refractivity contribution in [2.24, 2.45) is 5.41 Å². The second kappa shape index (κ2) is 5.25. The van der Waals surface area contributed by atoms with Gasteiger partial charge in [0.1, 0.15) is 5.75 Å². The monoisotopic (exact) mass is 255 g/mol. The topological polar surface area (TPSA) is 30.5 Å². The maximum atomic E-state index is 5.98. The van der Waals surface area contributed by atoms with E-state index in [1.54, 1.807) is 7.11 Å². The van der Waals surface area contributed by atoms with Gasteiger partial charge in [0.25, 0.3) is 0 Å². The van der Waals surface area contributed by atoms with Crippen LogP contribution in [0.25, 0.3) is 0 Å². The molecule has 1 N–H and O–H groups in total. The lowest BCUT2D eigenvalue weighted by molar-refractivity contribution is -0.0991. The van der Waals surface area contributed by atoms with Crippen LogP contribution in [0.1, 0.15) is 12.5 Å². The average Bonchev–Trinajstić information content (AvgIpc) is 2.27. The molecule has 1 aromatic rings. The van der Waals surface area contributed by atoms with E-state index in [-0.39, 0.29) is 5.41 Å². The van der Waals surface area contributed by atoms with Crippen LogP contribution in [0.3, 0.4) is 0 Å². The molecular formula is C13H18ClNO2. The predicted octanol–water partition coefficient (Wildman–Crippen LogP) is 2.47. The summed E-state index contributed by atoms with van der Waals surface area (Å²) in [5, 5.41) is 4.16. The van der Waals surface area contributed by atoms with Crippen molar-refractivity contribution in [2.75, 3.05) is 26.9 Å². The van der Waals surface area contributed by atoms with E-state index >= 15 is 0 Å². The highest BCUT2D eigenvalue weighted by atomic mass is 35.5. The number of benzene rings is 1. The zero-order chi connectivity index (χ0) is 12.3. The minimum absolute atomic E-state index is 0.284. The predicted molar refractivity (Wildman–Crippen MR) is 68.6 cm³/mol. The minimum Gasteiger partial charge on any atom is -0.496 e. The van der Waals surface area contributed by atoms with Crippen LogP contribution >= 0.6 is 11.6 Å². The second-order valence-corrected chi connectivity index (χ2v) is 5.30. The van der Waals surface area contributed by atoms with Crippen molar-refractivity contribution >= 4 is 11.6 Å². The molecule has 94 valence electrons. The Hall–Kier alpha value is -0.770. The van der Waals surface area contributed by atoms with E-state index in [1.165, 1.54) is 0 Å². The van der Waals surface area contributed by atoms with Gasteiger partial charge in [-0.15, -0.1) is 0 Å². The van der Waals surface area contributed by atoms with Crippen LogP contribution in [0.15, 0.2) is 18.2 Å². The fourth-order valence-electron chi connectivity index (χ4n) is 1.94. The van der Waals surface area contributed by atoms with Gasteiger partial charge in [-0.05, 0) is 18.2 Å². The van der Waals surface area contributed by atoms with Crippen molar-refractivity contribution in [3.8, 4) is 5.75 Å². The normalized spacial score (nSPS) is 17.6. The Kier molecular flexibility index (Phi) is 3.92. The summed E-state index contributed by atoms with van der Waals surface area (Å²) in [7, 11) is 1.67. The lowest BCUT2D eigenvalue weighted by atomic mass is 9.89. The highest BCUT2D eigenvalue weighted by molar-refractivity contribution is 6.30. The zero-order valence-electron chi connectivity index (χ0n) is 10.3. The summed E-state index contributed by atoms with van der Waals surface area (Å²) < 4.78 is 10.5. The zero-order valence-corrected chi connectivity index (χ0v) is 11.0. The molecule has 1 saturated heterocycles. The van der Waals surface area contributed by atoms with Gasteiger partial charge in [-0.2, -0.15) is 0 Å². The molecule has 1 aromatic carbocycles. The Bertz CT molecular complexity index is 391. The summed E-state index contributed by atoms with van der Waals surface area (Å²) in [6, 6.07) is 5.67. The summed E-state index contributed by atoms with van der Waals surface area (Å²) in [6.07, 6.45) is 0. The molecule has 0 bridgehead atoms. The van der Waals surface area contributed by atoms with Crippen LogP contribution in [-0.4, -0.2) is 26.9 Å². The van der Waals surface area contributed by atoms with Gasteiger partial charge in [0.05, 0.1) is 20.3 Å². The molecule has 0 radical (unpaired) electrons. The molecule has 3 nitrogen and oxygen atoms in total. The fraction of sp³-hybridized carbons (Fsp3) is 0.538. The van der Waals surface area contributed by atoms with Crippen LogP contribution in [0.5, 0.6) is 5.75 Å².